The Bertz CT molecular complexity index is 567. The number of hydrogen-bond donors (Lipinski definition) is 3. The minimum absolute atomic E-state index is 0.0239. The van der Waals surface area contributed by atoms with Gasteiger partial charge >= 0.3 is 0 Å². The Morgan fingerprint density at radius 1 is 1.06 bits per heavy atom. The molecule has 0 saturated carbocycles. The molecule has 0 aliphatic heterocycles. The lowest BCUT2D eigenvalue weighted by molar-refractivity contribution is 0.625. The molecule has 0 saturated heterocycles. The van der Waals surface area contributed by atoms with Crippen LogP contribution < -0.4 is 17.2 Å². The van der Waals surface area contributed by atoms with E-state index in [1.165, 1.54) is 18.2 Å². The van der Waals surface area contributed by atoms with Crippen molar-refractivity contribution in [2.75, 3.05) is 17.2 Å². The lowest BCUT2D eigenvalue weighted by Gasteiger charge is -2.07. The van der Waals surface area contributed by atoms with Crippen molar-refractivity contribution < 1.29 is 4.39 Å². The van der Waals surface area contributed by atoms with E-state index in [4.69, 9.17) is 28.8 Å². The minimum Gasteiger partial charge on any atom is -0.399 e. The summed E-state index contributed by atoms with van der Waals surface area (Å²) >= 11 is 5.82. The molecule has 0 atom stereocenters. The van der Waals surface area contributed by atoms with Crippen molar-refractivity contribution >= 4 is 29.1 Å². The smallest absolute Gasteiger partial charge is 0.222 e. The van der Waals surface area contributed by atoms with Gasteiger partial charge in [-0.25, -0.2) is 9.37 Å². The summed E-state index contributed by atoms with van der Waals surface area (Å²) in [6.07, 6.45) is 0. The third-order valence-corrected chi connectivity index (χ3v) is 2.31. The van der Waals surface area contributed by atoms with Crippen molar-refractivity contribution in [2.24, 2.45) is 0 Å². The zero-order valence-corrected chi connectivity index (χ0v) is 9.37. The van der Waals surface area contributed by atoms with E-state index < -0.39 is 5.82 Å². The molecular formula is C10H9ClFN5. The van der Waals surface area contributed by atoms with Gasteiger partial charge in [0, 0.05) is 16.3 Å². The Balaban J connectivity index is 2.67. The Labute approximate surface area is 101 Å². The number of nitrogens with two attached hydrogens (primary N) is 3. The van der Waals surface area contributed by atoms with Crippen molar-refractivity contribution in [1.82, 2.24) is 9.97 Å². The van der Waals surface area contributed by atoms with E-state index in [9.17, 15) is 4.39 Å². The van der Waals surface area contributed by atoms with Gasteiger partial charge in [0.15, 0.2) is 11.6 Å². The molecule has 0 spiro atoms. The standard InChI is InChI=1S/C10H9ClFN5/c11-5-1-4(2-6(13)3-5)8-7(12)9(14)17-10(15)16-8/h1-3H,13H2,(H4,14,15,16,17). The van der Waals surface area contributed by atoms with Gasteiger partial charge in [-0.1, -0.05) is 11.6 Å². The second kappa shape index (κ2) is 4.06. The van der Waals surface area contributed by atoms with Gasteiger partial charge in [0.2, 0.25) is 5.95 Å². The zero-order chi connectivity index (χ0) is 12.6. The molecule has 1 heterocycles. The first kappa shape index (κ1) is 11.4. The highest BCUT2D eigenvalue weighted by atomic mass is 35.5. The number of benzene rings is 1. The lowest BCUT2D eigenvalue weighted by atomic mass is 10.1. The van der Waals surface area contributed by atoms with Crippen molar-refractivity contribution in [3.8, 4) is 11.3 Å². The van der Waals surface area contributed by atoms with Crippen LogP contribution in [0.15, 0.2) is 18.2 Å². The van der Waals surface area contributed by atoms with Crippen LogP contribution in [0.4, 0.5) is 21.8 Å². The predicted octanol–water partition coefficient (Wildman–Crippen LogP) is 1.68. The van der Waals surface area contributed by atoms with E-state index in [0.717, 1.165) is 0 Å². The number of halogens is 2. The van der Waals surface area contributed by atoms with E-state index >= 15 is 0 Å². The maximum absolute atomic E-state index is 13.7. The maximum atomic E-state index is 13.7. The minimum atomic E-state index is -0.749. The first-order valence-electron chi connectivity index (χ1n) is 4.62. The van der Waals surface area contributed by atoms with Crippen LogP contribution in [0.5, 0.6) is 0 Å². The second-order valence-corrected chi connectivity index (χ2v) is 3.84. The molecule has 2 rings (SSSR count). The molecule has 1 aromatic carbocycles. The molecule has 0 aliphatic carbocycles. The summed E-state index contributed by atoms with van der Waals surface area (Å²) in [7, 11) is 0. The van der Waals surface area contributed by atoms with Crippen molar-refractivity contribution in [2.45, 2.75) is 0 Å². The van der Waals surface area contributed by atoms with Crippen molar-refractivity contribution in [1.29, 1.82) is 0 Å². The quantitative estimate of drug-likeness (QED) is 0.671. The summed E-state index contributed by atoms with van der Waals surface area (Å²) in [5.41, 5.74) is 17.1. The van der Waals surface area contributed by atoms with Crippen molar-refractivity contribution in [3.63, 3.8) is 0 Å². The van der Waals surface area contributed by atoms with Crippen LogP contribution in [-0.4, -0.2) is 9.97 Å². The third kappa shape index (κ3) is 2.21. The largest absolute Gasteiger partial charge is 0.399 e. The molecule has 2 aromatic rings. The molecule has 0 fully saturated rings. The monoisotopic (exact) mass is 253 g/mol. The molecular weight excluding hydrogens is 245 g/mol. The summed E-state index contributed by atoms with van der Waals surface area (Å²) in [5.74, 6) is -1.18. The topological polar surface area (TPSA) is 104 Å². The van der Waals surface area contributed by atoms with E-state index in [1.54, 1.807) is 0 Å². The van der Waals surface area contributed by atoms with Crippen LogP contribution in [-0.2, 0) is 0 Å². The second-order valence-electron chi connectivity index (χ2n) is 3.40. The number of aromatic nitrogens is 2. The summed E-state index contributed by atoms with van der Waals surface area (Å²) in [6, 6.07) is 4.58. The highest BCUT2D eigenvalue weighted by molar-refractivity contribution is 6.31. The lowest BCUT2D eigenvalue weighted by Crippen LogP contribution is -2.05. The summed E-state index contributed by atoms with van der Waals surface area (Å²) in [4.78, 5) is 7.29. The van der Waals surface area contributed by atoms with Gasteiger partial charge in [-0.2, -0.15) is 4.98 Å². The molecule has 0 amide bonds. The molecule has 5 nitrogen and oxygen atoms in total. The summed E-state index contributed by atoms with van der Waals surface area (Å²) in [6.45, 7) is 0. The van der Waals surface area contributed by atoms with E-state index in [-0.39, 0.29) is 17.5 Å². The van der Waals surface area contributed by atoms with Gasteiger partial charge in [0.25, 0.3) is 0 Å². The van der Waals surface area contributed by atoms with Crippen LogP contribution in [0.3, 0.4) is 0 Å². The molecule has 17 heavy (non-hydrogen) atoms. The zero-order valence-electron chi connectivity index (χ0n) is 8.61. The van der Waals surface area contributed by atoms with Gasteiger partial charge in [-0.05, 0) is 18.2 Å². The highest BCUT2D eigenvalue weighted by Gasteiger charge is 2.13. The van der Waals surface area contributed by atoms with Crippen LogP contribution in [0, 0.1) is 5.82 Å². The van der Waals surface area contributed by atoms with Gasteiger partial charge < -0.3 is 17.2 Å². The van der Waals surface area contributed by atoms with Crippen LogP contribution in [0.2, 0.25) is 5.02 Å². The average Bonchev–Trinajstić information content (AvgIpc) is 2.22. The number of nitrogens with zero attached hydrogens (tertiary/aromatic N) is 2. The average molecular weight is 254 g/mol. The van der Waals surface area contributed by atoms with E-state index in [2.05, 4.69) is 9.97 Å². The Hall–Kier alpha value is -2.08. The fourth-order valence-electron chi connectivity index (χ4n) is 1.42. The number of nitrogen functional groups attached to an aromatic ring is 3. The molecule has 0 radical (unpaired) electrons. The molecule has 0 bridgehead atoms. The Morgan fingerprint density at radius 2 is 1.76 bits per heavy atom. The molecule has 0 aliphatic rings. The highest BCUT2D eigenvalue weighted by Crippen LogP contribution is 2.28. The maximum Gasteiger partial charge on any atom is 0.222 e. The number of rotatable bonds is 1. The van der Waals surface area contributed by atoms with Crippen LogP contribution >= 0.6 is 11.6 Å². The fraction of sp³-hybridized carbons (Fsp3) is 0. The molecule has 6 N–H and O–H groups in total. The summed E-state index contributed by atoms with van der Waals surface area (Å²) < 4.78 is 13.7. The predicted molar refractivity (Wildman–Crippen MR) is 65.7 cm³/mol. The van der Waals surface area contributed by atoms with Gasteiger partial charge in [-0.3, -0.25) is 0 Å². The van der Waals surface area contributed by atoms with Gasteiger partial charge in [0.1, 0.15) is 5.69 Å². The Morgan fingerprint density at radius 3 is 2.41 bits per heavy atom. The van der Waals surface area contributed by atoms with Gasteiger partial charge in [-0.15, -0.1) is 0 Å². The fourth-order valence-corrected chi connectivity index (χ4v) is 1.67. The third-order valence-electron chi connectivity index (χ3n) is 2.09. The summed E-state index contributed by atoms with van der Waals surface area (Å²) in [5, 5.41) is 0.371. The van der Waals surface area contributed by atoms with Gasteiger partial charge in [0.05, 0.1) is 0 Å². The SMILES string of the molecule is Nc1cc(Cl)cc(-c2nc(N)nc(N)c2F)c1. The normalized spacial score (nSPS) is 10.5. The molecule has 7 heteroatoms. The van der Waals surface area contributed by atoms with Crippen LogP contribution in [0.25, 0.3) is 11.3 Å². The molecule has 88 valence electrons. The molecule has 1 aromatic heterocycles. The first-order chi connectivity index (χ1) is 7.97. The molecule has 0 unspecified atom stereocenters. The van der Waals surface area contributed by atoms with E-state index in [0.29, 0.717) is 16.3 Å². The number of hydrogen-bond acceptors (Lipinski definition) is 5. The Kier molecular flexibility index (Phi) is 2.72. The first-order valence-corrected chi connectivity index (χ1v) is 5.00. The van der Waals surface area contributed by atoms with Crippen molar-refractivity contribution in [3.05, 3.63) is 29.0 Å². The van der Waals surface area contributed by atoms with Crippen LogP contribution in [0.1, 0.15) is 0 Å². The number of anilines is 3. The van der Waals surface area contributed by atoms with E-state index in [1.807, 2.05) is 0 Å².